The Kier molecular flexibility index (Phi) is 3.96. The average Bonchev–Trinajstić information content (AvgIpc) is 2.89. The first kappa shape index (κ1) is 15.8. The molecule has 1 N–H and O–H groups in total. The monoisotopic (exact) mass is 328 g/mol. The summed E-state index contributed by atoms with van der Waals surface area (Å²) in [5.41, 5.74) is -0.441. The van der Waals surface area contributed by atoms with Gasteiger partial charge in [-0.15, -0.1) is 0 Å². The van der Waals surface area contributed by atoms with Crippen molar-refractivity contribution in [3.8, 4) is 0 Å². The average molecular weight is 328 g/mol. The fourth-order valence-corrected chi connectivity index (χ4v) is 3.55. The van der Waals surface area contributed by atoms with Gasteiger partial charge in [0.2, 0.25) is 0 Å². The molecule has 0 spiro atoms. The summed E-state index contributed by atoms with van der Waals surface area (Å²) in [6.45, 7) is 5.34. The first-order chi connectivity index (χ1) is 10.3. The Labute approximate surface area is 132 Å². The van der Waals surface area contributed by atoms with Gasteiger partial charge in [-0.3, -0.25) is 14.3 Å². The van der Waals surface area contributed by atoms with Crippen molar-refractivity contribution in [1.29, 1.82) is 0 Å². The van der Waals surface area contributed by atoms with Gasteiger partial charge < -0.3 is 14.2 Å². The van der Waals surface area contributed by atoms with Crippen molar-refractivity contribution in [2.45, 2.75) is 51.1 Å². The number of aromatic amines is 1. The second kappa shape index (κ2) is 5.52. The number of ether oxygens (including phenoxy) is 3. The number of hydrogen-bond acceptors (Lipinski definition) is 6. The minimum Gasteiger partial charge on any atom is -0.348 e. The summed E-state index contributed by atoms with van der Waals surface area (Å²) in [5.74, 6) is 0.0308. The predicted molar refractivity (Wildman–Crippen MR) is 82.2 cm³/mol. The SMILES string of the molecule is CSC[C@H]1O[C@@H](n2cc(C)c(=O)[nH]c2=O)[C@@H]2OC(C)(C)O[C@@H]21. The van der Waals surface area contributed by atoms with Gasteiger partial charge in [0.1, 0.15) is 12.2 Å². The molecule has 0 bridgehead atoms. The molecular weight excluding hydrogens is 308 g/mol. The maximum atomic E-state index is 12.1. The maximum absolute atomic E-state index is 12.1. The topological polar surface area (TPSA) is 82.6 Å². The van der Waals surface area contributed by atoms with Crippen LogP contribution in [0.25, 0.3) is 0 Å². The number of hydrogen-bond donors (Lipinski definition) is 1. The molecule has 3 rings (SSSR count). The van der Waals surface area contributed by atoms with E-state index in [0.717, 1.165) is 5.75 Å². The van der Waals surface area contributed by atoms with Gasteiger partial charge in [-0.2, -0.15) is 11.8 Å². The quantitative estimate of drug-likeness (QED) is 0.876. The lowest BCUT2D eigenvalue weighted by atomic mass is 10.1. The van der Waals surface area contributed by atoms with E-state index in [0.29, 0.717) is 5.56 Å². The zero-order valence-corrected chi connectivity index (χ0v) is 13.8. The van der Waals surface area contributed by atoms with Crippen LogP contribution in [-0.2, 0) is 14.2 Å². The van der Waals surface area contributed by atoms with Gasteiger partial charge in [-0.1, -0.05) is 0 Å². The fourth-order valence-electron chi connectivity index (χ4n) is 2.96. The Morgan fingerprint density at radius 2 is 2.00 bits per heavy atom. The van der Waals surface area contributed by atoms with Crippen molar-refractivity contribution in [2.24, 2.45) is 0 Å². The zero-order valence-electron chi connectivity index (χ0n) is 13.0. The van der Waals surface area contributed by atoms with E-state index in [1.54, 1.807) is 18.7 Å². The number of thioether (sulfide) groups is 1. The Bertz CT molecular complexity index is 683. The third-order valence-electron chi connectivity index (χ3n) is 3.88. The van der Waals surface area contributed by atoms with Crippen LogP contribution in [0.2, 0.25) is 0 Å². The summed E-state index contributed by atoms with van der Waals surface area (Å²) in [6.07, 6.45) is 2.13. The van der Waals surface area contributed by atoms with Gasteiger partial charge in [0, 0.05) is 17.5 Å². The molecule has 0 aliphatic carbocycles. The Morgan fingerprint density at radius 1 is 1.32 bits per heavy atom. The maximum Gasteiger partial charge on any atom is 0.330 e. The first-order valence-electron chi connectivity index (χ1n) is 7.14. The minimum absolute atomic E-state index is 0.161. The predicted octanol–water partition coefficient (Wildman–Crippen LogP) is 0.626. The highest BCUT2D eigenvalue weighted by Gasteiger charge is 2.55. The molecule has 1 aromatic rings. The lowest BCUT2D eigenvalue weighted by molar-refractivity contribution is -0.194. The molecule has 0 amide bonds. The molecule has 2 aliphatic rings. The largest absolute Gasteiger partial charge is 0.348 e. The normalized spacial score (nSPS) is 33.1. The smallest absolute Gasteiger partial charge is 0.330 e. The van der Waals surface area contributed by atoms with Crippen molar-refractivity contribution in [3.63, 3.8) is 0 Å². The van der Waals surface area contributed by atoms with Gasteiger partial charge in [0.15, 0.2) is 12.0 Å². The third-order valence-corrected chi connectivity index (χ3v) is 4.54. The van der Waals surface area contributed by atoms with Gasteiger partial charge in [-0.25, -0.2) is 4.79 Å². The second-order valence-electron chi connectivity index (χ2n) is 6.06. The molecule has 0 unspecified atom stereocenters. The van der Waals surface area contributed by atoms with Crippen LogP contribution in [0.1, 0.15) is 25.6 Å². The zero-order chi connectivity index (χ0) is 16.1. The van der Waals surface area contributed by atoms with E-state index in [9.17, 15) is 9.59 Å². The lowest BCUT2D eigenvalue weighted by Crippen LogP contribution is -2.38. The minimum atomic E-state index is -0.713. The molecule has 0 radical (unpaired) electrons. The van der Waals surface area contributed by atoms with Crippen molar-refractivity contribution in [1.82, 2.24) is 9.55 Å². The lowest BCUT2D eigenvalue weighted by Gasteiger charge is -2.24. The Hall–Kier alpha value is -1.09. The summed E-state index contributed by atoms with van der Waals surface area (Å²) in [7, 11) is 0. The van der Waals surface area contributed by atoms with Crippen LogP contribution in [-0.4, -0.2) is 45.7 Å². The molecule has 2 aliphatic heterocycles. The van der Waals surface area contributed by atoms with Crippen LogP contribution < -0.4 is 11.2 Å². The van der Waals surface area contributed by atoms with E-state index in [1.807, 2.05) is 20.1 Å². The van der Waals surface area contributed by atoms with Crippen LogP contribution in [0, 0.1) is 6.92 Å². The van der Waals surface area contributed by atoms with Crippen LogP contribution in [0.3, 0.4) is 0 Å². The van der Waals surface area contributed by atoms with E-state index < -0.39 is 17.7 Å². The van der Waals surface area contributed by atoms with Crippen LogP contribution in [0.5, 0.6) is 0 Å². The molecule has 8 heteroatoms. The molecular formula is C14H20N2O5S. The number of rotatable bonds is 3. The van der Waals surface area contributed by atoms with Gasteiger partial charge in [0.25, 0.3) is 5.56 Å². The van der Waals surface area contributed by atoms with Crippen molar-refractivity contribution in [2.75, 3.05) is 12.0 Å². The summed E-state index contributed by atoms with van der Waals surface area (Å²) in [5, 5.41) is 0. The van der Waals surface area contributed by atoms with E-state index in [4.69, 9.17) is 14.2 Å². The highest BCUT2D eigenvalue weighted by Crippen LogP contribution is 2.43. The molecule has 0 aromatic carbocycles. The molecule has 2 saturated heterocycles. The Morgan fingerprint density at radius 3 is 2.68 bits per heavy atom. The van der Waals surface area contributed by atoms with Crippen molar-refractivity contribution >= 4 is 11.8 Å². The molecule has 0 saturated carbocycles. The summed E-state index contributed by atoms with van der Waals surface area (Å²) >= 11 is 1.65. The summed E-state index contributed by atoms with van der Waals surface area (Å²) in [4.78, 5) is 26.0. The Balaban J connectivity index is 1.99. The third kappa shape index (κ3) is 2.64. The van der Waals surface area contributed by atoms with Crippen LogP contribution in [0.15, 0.2) is 15.8 Å². The van der Waals surface area contributed by atoms with Crippen molar-refractivity contribution in [3.05, 3.63) is 32.6 Å². The molecule has 2 fully saturated rings. The van der Waals surface area contributed by atoms with Crippen molar-refractivity contribution < 1.29 is 14.2 Å². The number of H-pyrrole nitrogens is 1. The summed E-state index contributed by atoms with van der Waals surface area (Å²) in [6, 6.07) is 0. The molecule has 3 heterocycles. The molecule has 4 atom stereocenters. The summed E-state index contributed by atoms with van der Waals surface area (Å²) < 4.78 is 19.3. The van der Waals surface area contributed by atoms with Gasteiger partial charge >= 0.3 is 5.69 Å². The number of nitrogens with zero attached hydrogens (tertiary/aromatic N) is 1. The number of aryl methyl sites for hydroxylation is 1. The van der Waals surface area contributed by atoms with Gasteiger partial charge in [-0.05, 0) is 27.0 Å². The number of fused-ring (bicyclic) bond motifs is 1. The standard InChI is InChI=1S/C14H20N2O5S/c1-7-5-16(13(18)15-11(7)17)12-10-9(8(19-12)6-22-4)20-14(2,3)21-10/h5,8-10,12H,6H2,1-4H3,(H,15,17,18)/t8-,9-,10-,12-/m1/s1. The van der Waals surface area contributed by atoms with Crippen LogP contribution >= 0.6 is 11.8 Å². The molecule has 7 nitrogen and oxygen atoms in total. The van der Waals surface area contributed by atoms with Gasteiger partial charge in [0.05, 0.1) is 6.10 Å². The highest BCUT2D eigenvalue weighted by molar-refractivity contribution is 7.98. The van der Waals surface area contributed by atoms with E-state index in [2.05, 4.69) is 4.98 Å². The van der Waals surface area contributed by atoms with E-state index in [1.165, 1.54) is 10.8 Å². The number of aromatic nitrogens is 2. The van der Waals surface area contributed by atoms with E-state index >= 15 is 0 Å². The molecule has 22 heavy (non-hydrogen) atoms. The molecule has 1 aromatic heterocycles. The second-order valence-corrected chi connectivity index (χ2v) is 6.97. The van der Waals surface area contributed by atoms with E-state index in [-0.39, 0.29) is 23.9 Å². The first-order valence-corrected chi connectivity index (χ1v) is 8.54. The highest BCUT2D eigenvalue weighted by atomic mass is 32.2. The van der Waals surface area contributed by atoms with Crippen LogP contribution in [0.4, 0.5) is 0 Å². The number of nitrogens with one attached hydrogen (secondary N) is 1. The fraction of sp³-hybridized carbons (Fsp3) is 0.714. The molecule has 122 valence electrons.